The number of likely N-dealkylation sites (N-methyl/N-ethyl adjacent to an activating group) is 1. The molecule has 4 N–H and O–H groups in total. The van der Waals surface area contributed by atoms with Crippen molar-refractivity contribution in [3.8, 4) is 34.0 Å². The first-order valence-corrected chi connectivity index (χ1v) is 25.7. The molecule has 4 bridgehead atoms. The van der Waals surface area contributed by atoms with Crippen LogP contribution in [-0.2, 0) is 45.2 Å². The standard InChI is InChI=1S/C57H73N7O14/c1-31-25-44(66)47(63(13)51(69)36(21-22-58-53(71)77-56(7,8)9)30-43(65)46-32(2)60-49(61-33(46)3)35-16-18-38(19-17-35)55(4,5)6)37-28-40(48(67)42(29-37)64(73)74)39-26-34(27-41(52(70)75-14)62-50(31)68)15-20-45(39)76-24-23-59-54(72)78-57(10,11)12/h15-20,26,28-29,31,36,41,47,67H,21-25,27,30H2,1-14H3,(H,58,71)(H,59,72)(H,62,68)/t31-,36-,41+,47+/m1/s1. The summed E-state index contributed by atoms with van der Waals surface area (Å²) in [5.41, 5.74) is 0.0885. The molecule has 3 aromatic carbocycles. The molecule has 4 amide bonds. The predicted molar refractivity (Wildman–Crippen MR) is 289 cm³/mol. The topological polar surface area (TPSA) is 285 Å². The van der Waals surface area contributed by atoms with Crippen molar-refractivity contribution in [1.29, 1.82) is 0 Å². The van der Waals surface area contributed by atoms with E-state index in [1.54, 1.807) is 61.5 Å². The fourth-order valence-electron chi connectivity index (χ4n) is 8.91. The molecule has 4 aromatic rings. The molecular weight excluding hydrogens is 1010 g/mol. The molecule has 0 radical (unpaired) electrons. The van der Waals surface area contributed by atoms with Crippen molar-refractivity contribution < 1.29 is 62.5 Å². The van der Waals surface area contributed by atoms with Gasteiger partial charge in [-0.1, -0.05) is 58.0 Å². The van der Waals surface area contributed by atoms with E-state index in [1.165, 1.54) is 32.2 Å². The molecular formula is C57H73N7O14. The van der Waals surface area contributed by atoms with Crippen LogP contribution < -0.4 is 20.7 Å². The zero-order chi connectivity index (χ0) is 58.2. The van der Waals surface area contributed by atoms with Gasteiger partial charge in [-0.15, -0.1) is 0 Å². The van der Waals surface area contributed by atoms with Gasteiger partial charge in [0, 0.05) is 67.4 Å². The Bertz CT molecular complexity index is 2910. The van der Waals surface area contributed by atoms with Gasteiger partial charge in [-0.2, -0.15) is 0 Å². The second kappa shape index (κ2) is 25.0. The summed E-state index contributed by atoms with van der Waals surface area (Å²) in [4.78, 5) is 120. The number of esters is 1. The number of nitrogens with zero attached hydrogens (tertiary/aromatic N) is 4. The number of phenolic OH excluding ortho intramolecular Hbond substituents is 1. The molecule has 0 saturated heterocycles. The van der Waals surface area contributed by atoms with Crippen LogP contribution >= 0.6 is 0 Å². The van der Waals surface area contributed by atoms with Crippen LogP contribution in [0.15, 0.2) is 54.6 Å². The minimum absolute atomic E-state index is 0.0327. The van der Waals surface area contributed by atoms with Gasteiger partial charge in [-0.05, 0) is 102 Å². The SMILES string of the molecule is COC(=O)[C@@H]1Cc2ccc(OCCNC(=O)OC(C)(C)C)c(c2)-c2cc(cc([N+](=O)[O-])c2O)[C@H](N(C)C(=O)[C@H](CCNC(=O)OC(C)(C)C)CC(=O)c2c(C)nc(-c3ccc(C(C)(C)C)cc3)nc2C)C(=O)C[C@@H](C)C(=O)N1. The number of nitrogens with one attached hydrogen (secondary N) is 3. The monoisotopic (exact) mass is 1080 g/mol. The maximum Gasteiger partial charge on any atom is 0.407 e. The van der Waals surface area contributed by atoms with Crippen LogP contribution in [0.2, 0.25) is 0 Å². The number of rotatable bonds is 15. The third-order valence-electron chi connectivity index (χ3n) is 12.7. The molecule has 78 heavy (non-hydrogen) atoms. The second-order valence-electron chi connectivity index (χ2n) is 22.5. The van der Waals surface area contributed by atoms with Crippen LogP contribution in [0, 0.1) is 35.8 Å². The lowest BCUT2D eigenvalue weighted by atomic mass is 9.86. The van der Waals surface area contributed by atoms with E-state index in [1.807, 2.05) is 24.3 Å². The minimum atomic E-state index is -1.72. The van der Waals surface area contributed by atoms with Crippen molar-refractivity contribution in [2.75, 3.05) is 33.9 Å². The molecule has 2 heterocycles. The minimum Gasteiger partial charge on any atom is -0.502 e. The van der Waals surface area contributed by atoms with Crippen molar-refractivity contribution in [2.24, 2.45) is 11.8 Å². The average molecular weight is 1080 g/mol. The lowest BCUT2D eigenvalue weighted by Crippen LogP contribution is -2.46. The quantitative estimate of drug-likeness (QED) is 0.0217. The first-order chi connectivity index (χ1) is 36.3. The van der Waals surface area contributed by atoms with E-state index < -0.39 is 106 Å². The molecule has 21 nitrogen and oxygen atoms in total. The smallest absolute Gasteiger partial charge is 0.407 e. The van der Waals surface area contributed by atoms with Gasteiger partial charge >= 0.3 is 23.8 Å². The summed E-state index contributed by atoms with van der Waals surface area (Å²) < 4.78 is 21.9. The van der Waals surface area contributed by atoms with Gasteiger partial charge in [0.25, 0.3) is 0 Å². The lowest BCUT2D eigenvalue weighted by Gasteiger charge is -2.32. The molecule has 21 heteroatoms. The van der Waals surface area contributed by atoms with Crippen LogP contribution in [0.4, 0.5) is 15.3 Å². The van der Waals surface area contributed by atoms with E-state index in [0.29, 0.717) is 22.8 Å². The van der Waals surface area contributed by atoms with Crippen LogP contribution in [0.1, 0.15) is 133 Å². The molecule has 0 fully saturated rings. The summed E-state index contributed by atoms with van der Waals surface area (Å²) >= 11 is 0. The number of aromatic hydroxyl groups is 1. The Labute approximate surface area is 454 Å². The number of Topliss-reactive ketones (excluding diaryl/α,β-unsaturated/α-hetero) is 2. The van der Waals surface area contributed by atoms with Crippen LogP contribution in [0.3, 0.4) is 0 Å². The largest absolute Gasteiger partial charge is 0.502 e. The summed E-state index contributed by atoms with van der Waals surface area (Å²) in [6.45, 7) is 20.7. The summed E-state index contributed by atoms with van der Waals surface area (Å²) in [5, 5.41) is 32.6. The Morgan fingerprint density at radius 2 is 1.44 bits per heavy atom. The number of ketones is 2. The third kappa shape index (κ3) is 16.0. The Hall–Kier alpha value is -7.97. The van der Waals surface area contributed by atoms with Gasteiger partial charge in [0.1, 0.15) is 35.6 Å². The van der Waals surface area contributed by atoms with Crippen LogP contribution in [-0.4, -0.2) is 118 Å². The number of amides is 4. The van der Waals surface area contributed by atoms with Crippen molar-refractivity contribution in [1.82, 2.24) is 30.8 Å². The Kier molecular flexibility index (Phi) is 19.5. The van der Waals surface area contributed by atoms with E-state index in [9.17, 15) is 44.0 Å². The molecule has 0 aliphatic carbocycles. The maximum absolute atomic E-state index is 15.3. The van der Waals surface area contributed by atoms with E-state index in [4.69, 9.17) is 28.9 Å². The average Bonchev–Trinajstić information content (AvgIpc) is 3.41. The number of fused-ring (bicyclic) bond motifs is 5. The molecule has 0 unspecified atom stereocenters. The molecule has 0 spiro atoms. The number of nitro groups is 1. The molecule has 1 aliphatic heterocycles. The number of hydrogen-bond donors (Lipinski definition) is 4. The predicted octanol–water partition coefficient (Wildman–Crippen LogP) is 8.35. The van der Waals surface area contributed by atoms with Crippen LogP contribution in [0.25, 0.3) is 22.5 Å². The Morgan fingerprint density at radius 3 is 1.99 bits per heavy atom. The highest BCUT2D eigenvalue weighted by Crippen LogP contribution is 2.45. The van der Waals surface area contributed by atoms with E-state index in [-0.39, 0.29) is 66.0 Å². The highest BCUT2D eigenvalue weighted by atomic mass is 16.6. The van der Waals surface area contributed by atoms with Gasteiger partial charge in [0.05, 0.1) is 35.5 Å². The number of ether oxygens (including phenoxy) is 4. The van der Waals surface area contributed by atoms with E-state index in [2.05, 4.69) is 36.7 Å². The summed E-state index contributed by atoms with van der Waals surface area (Å²) in [5.74, 6) is -6.50. The van der Waals surface area contributed by atoms with Crippen molar-refractivity contribution in [3.05, 3.63) is 98.4 Å². The zero-order valence-corrected chi connectivity index (χ0v) is 47.0. The van der Waals surface area contributed by atoms with Gasteiger partial charge in [-0.3, -0.25) is 29.3 Å². The summed E-state index contributed by atoms with van der Waals surface area (Å²) in [7, 11) is 2.41. The molecule has 0 saturated carbocycles. The fourth-order valence-corrected chi connectivity index (χ4v) is 8.91. The molecule has 4 atom stereocenters. The van der Waals surface area contributed by atoms with Crippen LogP contribution in [0.5, 0.6) is 11.5 Å². The molecule has 1 aromatic heterocycles. The number of aryl methyl sites for hydroxylation is 2. The van der Waals surface area contributed by atoms with Gasteiger partial charge in [-0.25, -0.2) is 24.4 Å². The zero-order valence-electron chi connectivity index (χ0n) is 47.0. The number of hydrogen-bond acceptors (Lipinski definition) is 16. The second-order valence-corrected chi connectivity index (χ2v) is 22.5. The van der Waals surface area contributed by atoms with Crippen molar-refractivity contribution in [3.63, 3.8) is 0 Å². The Balaban J connectivity index is 1.64. The van der Waals surface area contributed by atoms with Gasteiger partial charge in [0.15, 0.2) is 17.4 Å². The summed E-state index contributed by atoms with van der Waals surface area (Å²) in [6.07, 6.45) is -2.90. The van der Waals surface area contributed by atoms with Gasteiger partial charge < -0.3 is 44.9 Å². The molecule has 1 aliphatic rings. The molecule has 5 rings (SSSR count). The van der Waals surface area contributed by atoms with E-state index in [0.717, 1.165) is 29.2 Å². The number of alkyl carbamates (subject to hydrolysis) is 2. The number of nitro benzene ring substituents is 1. The fraction of sp³-hybridized carbons (Fsp3) is 0.491. The Morgan fingerprint density at radius 1 is 0.846 bits per heavy atom. The number of phenols is 1. The first kappa shape index (κ1) is 60.9. The molecule has 420 valence electrons. The number of carbonyl (C=O) groups excluding carboxylic acids is 7. The lowest BCUT2D eigenvalue weighted by molar-refractivity contribution is -0.385. The highest BCUT2D eigenvalue weighted by molar-refractivity contribution is 6.01. The van der Waals surface area contributed by atoms with Crippen molar-refractivity contribution in [2.45, 2.75) is 137 Å². The highest BCUT2D eigenvalue weighted by Gasteiger charge is 2.38. The third-order valence-corrected chi connectivity index (χ3v) is 12.7. The number of carbonyl (C=O) groups is 7. The summed E-state index contributed by atoms with van der Waals surface area (Å²) in [6, 6.07) is 11.5. The maximum atomic E-state index is 15.3. The van der Waals surface area contributed by atoms with E-state index >= 15 is 4.79 Å². The normalized spacial score (nSPS) is 16.4. The number of aromatic nitrogens is 2. The number of benzene rings is 3. The van der Waals surface area contributed by atoms with Gasteiger partial charge in [0.2, 0.25) is 17.6 Å². The number of methoxy groups -OCH3 is 1. The first-order valence-electron chi connectivity index (χ1n) is 25.7. The van der Waals surface area contributed by atoms with Crippen molar-refractivity contribution >= 4 is 47.2 Å².